The molecule has 0 unspecified atom stereocenters. The van der Waals surface area contributed by atoms with E-state index in [0.717, 1.165) is 0 Å². The summed E-state index contributed by atoms with van der Waals surface area (Å²) in [4.78, 5) is 10.7. The first-order valence-corrected chi connectivity index (χ1v) is 4.29. The zero-order valence-electron chi connectivity index (χ0n) is 7.81. The molecule has 0 fully saturated rings. The first-order chi connectivity index (χ1) is 6.88. The third-order valence-corrected chi connectivity index (χ3v) is 1.87. The van der Waals surface area contributed by atoms with E-state index in [4.69, 9.17) is 0 Å². The molecule has 14 heavy (non-hydrogen) atoms. The van der Waals surface area contributed by atoms with Crippen LogP contribution in [0.15, 0.2) is 37.2 Å². The number of benzene rings is 1. The lowest BCUT2D eigenvalue weighted by molar-refractivity contribution is 1.05. The van der Waals surface area contributed by atoms with Crippen molar-refractivity contribution in [2.45, 2.75) is 6.92 Å². The van der Waals surface area contributed by atoms with E-state index in [1.807, 2.05) is 0 Å². The quantitative estimate of drug-likeness (QED) is 0.545. The summed E-state index contributed by atoms with van der Waals surface area (Å²) in [5.41, 5.74) is 3.97. The summed E-state index contributed by atoms with van der Waals surface area (Å²) in [7, 11) is 0. The number of hydrogen-bond donors (Lipinski definition) is 1. The zero-order valence-corrected chi connectivity index (χ0v) is 7.81. The van der Waals surface area contributed by atoms with Crippen LogP contribution in [-0.4, -0.2) is 15.0 Å². The molecule has 0 radical (unpaired) electrons. The maximum absolute atomic E-state index is 3.56. The van der Waals surface area contributed by atoms with Gasteiger partial charge in [-0.3, -0.25) is 0 Å². The average Bonchev–Trinajstić information content (AvgIpc) is 3.02. The molecular formula is C10H10N4. The number of nitrogens with one attached hydrogen (secondary N) is 1. The highest BCUT2D eigenvalue weighted by Gasteiger charge is 2.15. The molecular weight excluding hydrogens is 176 g/mol. The van der Waals surface area contributed by atoms with Gasteiger partial charge in [-0.15, -0.1) is 0 Å². The first-order valence-electron chi connectivity index (χ1n) is 4.29. The number of fused-ring (bicyclic) bond motifs is 1. The molecule has 4 nitrogen and oxygen atoms in total. The lowest BCUT2D eigenvalue weighted by atomic mass is 10.2. The smallest absolute Gasteiger partial charge is 0.119 e. The Morgan fingerprint density at radius 2 is 1.64 bits per heavy atom. The van der Waals surface area contributed by atoms with Crippen molar-refractivity contribution < 1.29 is 0 Å². The molecule has 2 aromatic rings. The summed E-state index contributed by atoms with van der Waals surface area (Å²) in [6.45, 7) is 2.11. The molecule has 0 atom stereocenters. The number of aryl methyl sites for hydroxylation is 1. The van der Waals surface area contributed by atoms with Gasteiger partial charge in [0.2, 0.25) is 0 Å². The first kappa shape index (κ1) is 8.62. The fourth-order valence-electron chi connectivity index (χ4n) is 1.12. The Balaban J connectivity index is 0.000000112. The van der Waals surface area contributed by atoms with E-state index < -0.39 is 0 Å². The van der Waals surface area contributed by atoms with Crippen molar-refractivity contribution in [2.75, 3.05) is 5.32 Å². The minimum atomic E-state index is 1.30. The van der Waals surface area contributed by atoms with E-state index >= 15 is 0 Å². The minimum absolute atomic E-state index is 1.30. The molecule has 0 amide bonds. The largest absolute Gasteiger partial charge is 0.352 e. The molecule has 0 saturated heterocycles. The van der Waals surface area contributed by atoms with Crippen molar-refractivity contribution in [3.63, 3.8) is 0 Å². The summed E-state index contributed by atoms with van der Waals surface area (Å²) < 4.78 is 0. The van der Waals surface area contributed by atoms with Crippen molar-refractivity contribution in [3.8, 4) is 0 Å². The highest BCUT2D eigenvalue weighted by atomic mass is 15.0. The third-order valence-electron chi connectivity index (χ3n) is 1.87. The number of rotatable bonds is 0. The second-order valence-corrected chi connectivity index (χ2v) is 2.92. The predicted molar refractivity (Wildman–Crippen MR) is 54.3 cm³/mol. The van der Waals surface area contributed by atoms with Crippen molar-refractivity contribution in [3.05, 3.63) is 42.7 Å². The third kappa shape index (κ3) is 2.04. The molecule has 1 aromatic carbocycles. The van der Waals surface area contributed by atoms with E-state index in [2.05, 4.69) is 45.4 Å². The predicted octanol–water partition coefficient (Wildman–Crippen LogP) is 1.92. The van der Waals surface area contributed by atoms with E-state index in [1.54, 1.807) is 0 Å². The maximum Gasteiger partial charge on any atom is 0.119 e. The van der Waals surface area contributed by atoms with Crippen LogP contribution in [0.25, 0.3) is 0 Å². The molecule has 0 bridgehead atoms. The Morgan fingerprint density at radius 1 is 1.00 bits per heavy atom. The standard InChI is InChI=1S/C7H7N.C3H3N3/c1-5-3-2-4-6-7(5)8-6;1-4-2-6-3-5-1/h2-4,8H,1H3;1-3H. The Bertz CT molecular complexity index is 387. The minimum Gasteiger partial charge on any atom is -0.352 e. The molecule has 3 rings (SSSR count). The molecule has 1 N–H and O–H groups in total. The summed E-state index contributed by atoms with van der Waals surface area (Å²) in [6.07, 6.45) is 4.31. The number of hydrogen-bond acceptors (Lipinski definition) is 4. The van der Waals surface area contributed by atoms with E-state index in [9.17, 15) is 0 Å². The second kappa shape index (κ2) is 3.83. The lowest BCUT2D eigenvalue weighted by Gasteiger charge is -1.79. The number of anilines is 2. The van der Waals surface area contributed by atoms with Gasteiger partial charge in [-0.2, -0.15) is 0 Å². The summed E-state index contributed by atoms with van der Waals surface area (Å²) in [5.74, 6) is 0. The van der Waals surface area contributed by atoms with Gasteiger partial charge in [0.25, 0.3) is 0 Å². The van der Waals surface area contributed by atoms with Crippen LogP contribution in [0.2, 0.25) is 0 Å². The van der Waals surface area contributed by atoms with Gasteiger partial charge in [-0.05, 0) is 18.6 Å². The fraction of sp³-hybridized carbons (Fsp3) is 0.100. The van der Waals surface area contributed by atoms with Crippen LogP contribution >= 0.6 is 0 Å². The fourth-order valence-corrected chi connectivity index (χ4v) is 1.12. The Hall–Kier alpha value is -1.97. The van der Waals surface area contributed by atoms with E-state index in [1.165, 1.54) is 35.9 Å². The van der Waals surface area contributed by atoms with Crippen molar-refractivity contribution >= 4 is 11.4 Å². The van der Waals surface area contributed by atoms with Gasteiger partial charge >= 0.3 is 0 Å². The molecule has 70 valence electrons. The van der Waals surface area contributed by atoms with Crippen LogP contribution in [0.1, 0.15) is 5.56 Å². The molecule has 2 heterocycles. The monoisotopic (exact) mass is 186 g/mol. The summed E-state index contributed by atoms with van der Waals surface area (Å²) >= 11 is 0. The highest BCUT2D eigenvalue weighted by Crippen LogP contribution is 2.40. The number of para-hydroxylation sites is 1. The maximum atomic E-state index is 3.56. The molecule has 4 heteroatoms. The van der Waals surface area contributed by atoms with Gasteiger partial charge in [0, 0.05) is 0 Å². The van der Waals surface area contributed by atoms with Crippen molar-refractivity contribution in [2.24, 2.45) is 0 Å². The van der Waals surface area contributed by atoms with Crippen molar-refractivity contribution in [1.29, 1.82) is 0 Å². The Labute approximate surface area is 82.1 Å². The van der Waals surface area contributed by atoms with Crippen LogP contribution < -0.4 is 5.32 Å². The molecule has 0 aliphatic carbocycles. The number of aromatic nitrogens is 3. The molecule has 1 aliphatic rings. The molecule has 0 saturated carbocycles. The number of nitrogens with zero attached hydrogens (tertiary/aromatic N) is 3. The topological polar surface area (TPSA) is 60.6 Å². The molecule has 1 aromatic heterocycles. The van der Waals surface area contributed by atoms with Gasteiger partial charge in [0.05, 0.1) is 11.4 Å². The Kier molecular flexibility index (Phi) is 2.36. The van der Waals surface area contributed by atoms with Crippen LogP contribution in [0.3, 0.4) is 0 Å². The van der Waals surface area contributed by atoms with Gasteiger partial charge in [0.1, 0.15) is 19.0 Å². The van der Waals surface area contributed by atoms with E-state index in [-0.39, 0.29) is 0 Å². The van der Waals surface area contributed by atoms with Crippen LogP contribution in [0.4, 0.5) is 11.4 Å². The SMILES string of the molecule is Cc1cccc2c1N2.c1ncncn1. The van der Waals surface area contributed by atoms with E-state index in [0.29, 0.717) is 0 Å². The average molecular weight is 186 g/mol. The molecule has 1 aliphatic heterocycles. The van der Waals surface area contributed by atoms with Crippen LogP contribution in [0.5, 0.6) is 0 Å². The van der Waals surface area contributed by atoms with Crippen LogP contribution in [0, 0.1) is 6.92 Å². The second-order valence-electron chi connectivity index (χ2n) is 2.92. The summed E-state index contributed by atoms with van der Waals surface area (Å²) in [5, 5.41) is 3.16. The van der Waals surface area contributed by atoms with Crippen LogP contribution in [-0.2, 0) is 0 Å². The lowest BCUT2D eigenvalue weighted by Crippen LogP contribution is -1.73. The normalized spacial score (nSPS) is 10.4. The van der Waals surface area contributed by atoms with Gasteiger partial charge in [0.15, 0.2) is 0 Å². The van der Waals surface area contributed by atoms with Gasteiger partial charge in [-0.1, -0.05) is 12.1 Å². The van der Waals surface area contributed by atoms with Gasteiger partial charge < -0.3 is 5.32 Å². The van der Waals surface area contributed by atoms with Gasteiger partial charge in [-0.25, -0.2) is 15.0 Å². The molecule has 0 spiro atoms. The summed E-state index contributed by atoms with van der Waals surface area (Å²) in [6, 6.07) is 6.26. The zero-order chi connectivity index (χ0) is 9.80. The highest BCUT2D eigenvalue weighted by molar-refractivity contribution is 5.92. The van der Waals surface area contributed by atoms with Crippen molar-refractivity contribution in [1.82, 2.24) is 15.0 Å². The Morgan fingerprint density at radius 3 is 2.07 bits per heavy atom.